The molecule has 2 amide bonds. The third-order valence-corrected chi connectivity index (χ3v) is 6.54. The maximum absolute atomic E-state index is 13.3. The molecule has 0 saturated carbocycles. The summed E-state index contributed by atoms with van der Waals surface area (Å²) in [4.78, 5) is 29.8. The molecule has 0 aliphatic carbocycles. The Morgan fingerprint density at radius 1 is 0.938 bits per heavy atom. The molecular weight excluding hydrogens is 404 g/mol. The van der Waals surface area contributed by atoms with E-state index in [-0.39, 0.29) is 23.8 Å². The molecule has 0 N–H and O–H groups in total. The van der Waals surface area contributed by atoms with Crippen LogP contribution in [-0.4, -0.2) is 55.0 Å². The second-order valence-corrected chi connectivity index (χ2v) is 8.53. The highest BCUT2D eigenvalue weighted by Gasteiger charge is 2.36. The Bertz CT molecular complexity index is 909. The highest BCUT2D eigenvalue weighted by atomic mass is 16.5. The van der Waals surface area contributed by atoms with Gasteiger partial charge in [0.25, 0.3) is 0 Å². The van der Waals surface area contributed by atoms with Gasteiger partial charge in [-0.3, -0.25) is 9.59 Å². The van der Waals surface area contributed by atoms with Crippen LogP contribution in [0.4, 0.5) is 0 Å². The summed E-state index contributed by atoms with van der Waals surface area (Å²) in [5.74, 6) is 1.92. The largest absolute Gasteiger partial charge is 0.497 e. The number of benzene rings is 2. The first kappa shape index (κ1) is 22.2. The van der Waals surface area contributed by atoms with Gasteiger partial charge < -0.3 is 19.3 Å². The molecule has 0 aromatic heterocycles. The van der Waals surface area contributed by atoms with E-state index >= 15 is 0 Å². The number of carbonyl (C=O) groups excluding carboxylic acids is 2. The summed E-state index contributed by atoms with van der Waals surface area (Å²) in [6.45, 7) is 2.45. The van der Waals surface area contributed by atoms with Crippen molar-refractivity contribution < 1.29 is 19.1 Å². The van der Waals surface area contributed by atoms with E-state index in [9.17, 15) is 9.59 Å². The van der Waals surface area contributed by atoms with Crippen molar-refractivity contribution in [3.63, 3.8) is 0 Å². The SMILES string of the molecule is COc1cccc(C2CCCN2C(=O)C2CCN(C(=O)CCOc3ccccc3)CC2)c1. The van der Waals surface area contributed by atoms with Gasteiger partial charge in [0.1, 0.15) is 11.5 Å². The summed E-state index contributed by atoms with van der Waals surface area (Å²) in [6.07, 6.45) is 3.82. The second kappa shape index (κ2) is 10.5. The van der Waals surface area contributed by atoms with Crippen LogP contribution in [0.2, 0.25) is 0 Å². The molecule has 0 spiro atoms. The fourth-order valence-electron chi connectivity index (χ4n) is 4.77. The molecule has 0 bridgehead atoms. The van der Waals surface area contributed by atoms with E-state index < -0.39 is 0 Å². The topological polar surface area (TPSA) is 59.1 Å². The molecule has 2 saturated heterocycles. The number of para-hydroxylation sites is 1. The fraction of sp³-hybridized carbons (Fsp3) is 0.462. The van der Waals surface area contributed by atoms with E-state index in [2.05, 4.69) is 6.07 Å². The predicted octanol–water partition coefficient (Wildman–Crippen LogP) is 4.07. The van der Waals surface area contributed by atoms with Crippen LogP contribution in [0.5, 0.6) is 11.5 Å². The van der Waals surface area contributed by atoms with Gasteiger partial charge in [0.05, 0.1) is 26.2 Å². The number of methoxy groups -OCH3 is 1. The van der Waals surface area contributed by atoms with E-state index in [0.717, 1.165) is 49.3 Å². The van der Waals surface area contributed by atoms with Crippen LogP contribution in [0.3, 0.4) is 0 Å². The zero-order chi connectivity index (χ0) is 22.3. The first-order chi connectivity index (χ1) is 15.7. The van der Waals surface area contributed by atoms with E-state index in [1.807, 2.05) is 58.3 Å². The Morgan fingerprint density at radius 2 is 1.69 bits per heavy atom. The minimum atomic E-state index is -0.00849. The maximum atomic E-state index is 13.3. The number of ether oxygens (including phenoxy) is 2. The Labute approximate surface area is 190 Å². The number of carbonyl (C=O) groups is 2. The number of likely N-dealkylation sites (tertiary alicyclic amines) is 2. The third-order valence-electron chi connectivity index (χ3n) is 6.54. The van der Waals surface area contributed by atoms with Gasteiger partial charge in [0, 0.05) is 25.6 Å². The molecule has 6 nitrogen and oxygen atoms in total. The first-order valence-corrected chi connectivity index (χ1v) is 11.6. The molecule has 2 heterocycles. The Kier molecular flexibility index (Phi) is 7.30. The van der Waals surface area contributed by atoms with E-state index in [0.29, 0.717) is 26.1 Å². The zero-order valence-electron chi connectivity index (χ0n) is 18.7. The molecule has 4 rings (SSSR count). The summed E-state index contributed by atoms with van der Waals surface area (Å²) >= 11 is 0. The summed E-state index contributed by atoms with van der Waals surface area (Å²) in [7, 11) is 1.67. The summed E-state index contributed by atoms with van der Waals surface area (Å²) in [5, 5.41) is 0. The lowest BCUT2D eigenvalue weighted by Crippen LogP contribution is -2.44. The van der Waals surface area contributed by atoms with Crippen molar-refractivity contribution in [2.45, 2.75) is 38.1 Å². The molecule has 2 fully saturated rings. The molecule has 0 radical (unpaired) electrons. The van der Waals surface area contributed by atoms with Gasteiger partial charge in [-0.1, -0.05) is 30.3 Å². The summed E-state index contributed by atoms with van der Waals surface area (Å²) in [6, 6.07) is 17.7. The van der Waals surface area contributed by atoms with Crippen LogP contribution >= 0.6 is 0 Å². The lowest BCUT2D eigenvalue weighted by atomic mass is 9.94. The molecular formula is C26H32N2O4. The first-order valence-electron chi connectivity index (χ1n) is 11.6. The maximum Gasteiger partial charge on any atom is 0.226 e. The van der Waals surface area contributed by atoms with Gasteiger partial charge in [-0.15, -0.1) is 0 Å². The lowest BCUT2D eigenvalue weighted by Gasteiger charge is -2.35. The van der Waals surface area contributed by atoms with Gasteiger partial charge in [0.2, 0.25) is 11.8 Å². The zero-order valence-corrected chi connectivity index (χ0v) is 18.7. The fourth-order valence-corrected chi connectivity index (χ4v) is 4.77. The van der Waals surface area contributed by atoms with Crippen LogP contribution in [0.15, 0.2) is 54.6 Å². The third kappa shape index (κ3) is 5.23. The van der Waals surface area contributed by atoms with Gasteiger partial charge in [-0.25, -0.2) is 0 Å². The molecule has 2 aromatic carbocycles. The van der Waals surface area contributed by atoms with Crippen LogP contribution in [0.1, 0.15) is 43.7 Å². The minimum Gasteiger partial charge on any atom is -0.497 e. The van der Waals surface area contributed by atoms with Gasteiger partial charge >= 0.3 is 0 Å². The van der Waals surface area contributed by atoms with Crippen LogP contribution in [0.25, 0.3) is 0 Å². The summed E-state index contributed by atoms with van der Waals surface area (Å²) in [5.41, 5.74) is 1.14. The van der Waals surface area contributed by atoms with Crippen molar-refractivity contribution >= 4 is 11.8 Å². The molecule has 6 heteroatoms. The van der Waals surface area contributed by atoms with Gasteiger partial charge in [0.15, 0.2) is 0 Å². The van der Waals surface area contributed by atoms with Crippen molar-refractivity contribution in [2.24, 2.45) is 5.92 Å². The highest BCUT2D eigenvalue weighted by molar-refractivity contribution is 5.81. The smallest absolute Gasteiger partial charge is 0.226 e. The van der Waals surface area contributed by atoms with Crippen LogP contribution in [0, 0.1) is 5.92 Å². The van der Waals surface area contributed by atoms with Crippen molar-refractivity contribution in [1.29, 1.82) is 0 Å². The number of piperidine rings is 1. The van der Waals surface area contributed by atoms with Crippen molar-refractivity contribution in [3.05, 3.63) is 60.2 Å². The predicted molar refractivity (Wildman–Crippen MR) is 123 cm³/mol. The molecule has 1 atom stereocenters. The highest BCUT2D eigenvalue weighted by Crippen LogP contribution is 2.35. The quantitative estimate of drug-likeness (QED) is 0.657. The van der Waals surface area contributed by atoms with Crippen molar-refractivity contribution in [2.75, 3.05) is 33.4 Å². The Hall–Kier alpha value is -3.02. The monoisotopic (exact) mass is 436 g/mol. The lowest BCUT2D eigenvalue weighted by molar-refractivity contribution is -0.141. The number of hydrogen-bond acceptors (Lipinski definition) is 4. The Balaban J connectivity index is 1.27. The second-order valence-electron chi connectivity index (χ2n) is 8.53. The number of nitrogens with zero attached hydrogens (tertiary/aromatic N) is 2. The molecule has 1 unspecified atom stereocenters. The van der Waals surface area contributed by atoms with E-state index in [1.54, 1.807) is 7.11 Å². The standard InChI is InChI=1S/C26H32N2O4/c1-31-23-10-5-7-21(19-23)24-11-6-15-28(24)26(30)20-12-16-27(17-13-20)25(29)14-18-32-22-8-3-2-4-9-22/h2-5,7-10,19-20,24H,6,11-18H2,1H3. The van der Waals surface area contributed by atoms with Crippen molar-refractivity contribution in [1.82, 2.24) is 9.80 Å². The van der Waals surface area contributed by atoms with Crippen LogP contribution in [-0.2, 0) is 9.59 Å². The average molecular weight is 437 g/mol. The summed E-state index contributed by atoms with van der Waals surface area (Å²) < 4.78 is 11.0. The molecule has 170 valence electrons. The average Bonchev–Trinajstić information content (AvgIpc) is 3.34. The molecule has 2 aliphatic rings. The van der Waals surface area contributed by atoms with Gasteiger partial charge in [-0.2, -0.15) is 0 Å². The Morgan fingerprint density at radius 3 is 2.44 bits per heavy atom. The molecule has 2 aromatic rings. The van der Waals surface area contributed by atoms with Crippen LogP contribution < -0.4 is 9.47 Å². The van der Waals surface area contributed by atoms with E-state index in [4.69, 9.17) is 9.47 Å². The van der Waals surface area contributed by atoms with Gasteiger partial charge in [-0.05, 0) is 55.5 Å². The number of amides is 2. The van der Waals surface area contributed by atoms with Crippen molar-refractivity contribution in [3.8, 4) is 11.5 Å². The number of rotatable bonds is 7. The normalized spacial score (nSPS) is 19.1. The molecule has 32 heavy (non-hydrogen) atoms. The minimum absolute atomic E-state index is 0.00849. The number of hydrogen-bond donors (Lipinski definition) is 0. The molecule has 2 aliphatic heterocycles. The van der Waals surface area contributed by atoms with E-state index in [1.165, 1.54) is 0 Å².